The van der Waals surface area contributed by atoms with Gasteiger partial charge in [-0.05, 0) is 18.9 Å². The Bertz CT molecular complexity index is 658. The van der Waals surface area contributed by atoms with Crippen LogP contribution < -0.4 is 5.32 Å². The number of hydrogen-bond donors (Lipinski definition) is 1. The highest BCUT2D eigenvalue weighted by Crippen LogP contribution is 2.52. The molecule has 3 aliphatic rings. The summed E-state index contributed by atoms with van der Waals surface area (Å²) < 4.78 is 5.95. The molecule has 1 aromatic rings. The van der Waals surface area contributed by atoms with Crippen LogP contribution in [0, 0.1) is 11.3 Å². The minimum Gasteiger partial charge on any atom is -0.377 e. The van der Waals surface area contributed by atoms with Crippen LogP contribution in [0.1, 0.15) is 32.8 Å². The lowest BCUT2D eigenvalue weighted by atomic mass is 9.57. The van der Waals surface area contributed by atoms with Gasteiger partial charge in [0, 0.05) is 63.3 Å². The minimum absolute atomic E-state index is 0. The molecule has 0 spiro atoms. The molecule has 3 fully saturated rings. The molecule has 156 valence electrons. The molecule has 0 amide bonds. The molecule has 0 radical (unpaired) electrons. The molecule has 6 heteroatoms. The average molecular weight is 498 g/mol. The van der Waals surface area contributed by atoms with E-state index in [0.29, 0.717) is 18.1 Å². The zero-order chi connectivity index (χ0) is 18.9. The van der Waals surface area contributed by atoms with Crippen LogP contribution in [-0.2, 0) is 11.3 Å². The van der Waals surface area contributed by atoms with Gasteiger partial charge >= 0.3 is 0 Å². The van der Waals surface area contributed by atoms with E-state index >= 15 is 0 Å². The maximum atomic E-state index is 5.95. The maximum absolute atomic E-state index is 5.95. The van der Waals surface area contributed by atoms with E-state index < -0.39 is 0 Å². The molecule has 2 heterocycles. The number of nitrogens with one attached hydrogen (secondary N) is 1. The third-order valence-corrected chi connectivity index (χ3v) is 6.61. The Morgan fingerprint density at radius 2 is 1.89 bits per heavy atom. The highest BCUT2D eigenvalue weighted by atomic mass is 127. The van der Waals surface area contributed by atoms with Crippen molar-refractivity contribution in [3.8, 4) is 0 Å². The highest BCUT2D eigenvalue weighted by Gasteiger charge is 2.59. The first-order valence-corrected chi connectivity index (χ1v) is 10.5. The zero-order valence-electron chi connectivity index (χ0n) is 17.4. The maximum Gasteiger partial charge on any atom is 0.194 e. The van der Waals surface area contributed by atoms with Gasteiger partial charge in [-0.2, -0.15) is 0 Å². The number of benzene rings is 1. The van der Waals surface area contributed by atoms with Gasteiger partial charge in [-0.25, -0.2) is 0 Å². The van der Waals surface area contributed by atoms with Crippen LogP contribution in [0.4, 0.5) is 0 Å². The van der Waals surface area contributed by atoms with Gasteiger partial charge in [-0.3, -0.25) is 9.89 Å². The number of fused-ring (bicyclic) bond motifs is 1. The van der Waals surface area contributed by atoms with Crippen molar-refractivity contribution >= 4 is 29.9 Å². The SMILES string of the molecule is CCN=C(NC1C2CCOC2C1(C)C)N1CCN(Cc2ccccc2)CC1.I. The number of aliphatic imine (C=N–C) groups is 1. The molecular weight excluding hydrogens is 463 g/mol. The van der Waals surface area contributed by atoms with Crippen LogP contribution in [0.5, 0.6) is 0 Å². The van der Waals surface area contributed by atoms with Crippen LogP contribution in [0.15, 0.2) is 35.3 Å². The number of ether oxygens (including phenoxy) is 1. The monoisotopic (exact) mass is 498 g/mol. The van der Waals surface area contributed by atoms with Gasteiger partial charge in [0.05, 0.1) is 6.10 Å². The van der Waals surface area contributed by atoms with E-state index in [-0.39, 0.29) is 29.4 Å². The quantitative estimate of drug-likeness (QED) is 0.394. The topological polar surface area (TPSA) is 40.1 Å². The molecule has 2 aliphatic heterocycles. The van der Waals surface area contributed by atoms with Gasteiger partial charge in [0.15, 0.2) is 5.96 Å². The van der Waals surface area contributed by atoms with Gasteiger partial charge in [-0.15, -0.1) is 24.0 Å². The van der Waals surface area contributed by atoms with Crippen molar-refractivity contribution in [2.75, 3.05) is 39.3 Å². The van der Waals surface area contributed by atoms with Crippen molar-refractivity contribution in [2.45, 2.75) is 45.9 Å². The van der Waals surface area contributed by atoms with Crippen molar-refractivity contribution < 1.29 is 4.74 Å². The number of guanidine groups is 1. The van der Waals surface area contributed by atoms with Crippen LogP contribution in [0.2, 0.25) is 0 Å². The van der Waals surface area contributed by atoms with E-state index in [1.165, 1.54) is 12.0 Å². The molecule has 5 nitrogen and oxygen atoms in total. The fraction of sp³-hybridized carbons (Fsp3) is 0.682. The smallest absolute Gasteiger partial charge is 0.194 e. The zero-order valence-corrected chi connectivity index (χ0v) is 19.8. The lowest BCUT2D eigenvalue weighted by Crippen LogP contribution is -2.68. The van der Waals surface area contributed by atoms with Crippen molar-refractivity contribution in [1.82, 2.24) is 15.1 Å². The summed E-state index contributed by atoms with van der Waals surface area (Å²) in [7, 11) is 0. The number of halogens is 1. The Hall–Kier alpha value is -0.860. The Kier molecular flexibility index (Phi) is 7.26. The highest BCUT2D eigenvalue weighted by molar-refractivity contribution is 14.0. The molecular formula is C22H35IN4O. The van der Waals surface area contributed by atoms with Gasteiger partial charge in [0.2, 0.25) is 0 Å². The molecule has 1 N–H and O–H groups in total. The number of hydrogen-bond acceptors (Lipinski definition) is 3. The molecule has 3 atom stereocenters. The lowest BCUT2D eigenvalue weighted by molar-refractivity contribution is -0.107. The summed E-state index contributed by atoms with van der Waals surface area (Å²) in [6.07, 6.45) is 1.59. The van der Waals surface area contributed by atoms with E-state index in [4.69, 9.17) is 9.73 Å². The number of nitrogens with zero attached hydrogens (tertiary/aromatic N) is 3. The average Bonchev–Trinajstić information content (AvgIpc) is 3.14. The Morgan fingerprint density at radius 1 is 1.18 bits per heavy atom. The molecule has 28 heavy (non-hydrogen) atoms. The second-order valence-electron chi connectivity index (χ2n) is 8.73. The normalized spacial score (nSPS) is 29.6. The summed E-state index contributed by atoms with van der Waals surface area (Å²) >= 11 is 0. The summed E-state index contributed by atoms with van der Waals surface area (Å²) in [6.45, 7) is 13.8. The van der Waals surface area contributed by atoms with Gasteiger partial charge in [0.25, 0.3) is 0 Å². The van der Waals surface area contributed by atoms with Crippen molar-refractivity contribution in [3.05, 3.63) is 35.9 Å². The summed E-state index contributed by atoms with van der Waals surface area (Å²) in [5.74, 6) is 1.74. The first kappa shape index (κ1) is 21.8. The van der Waals surface area contributed by atoms with Crippen LogP contribution in [-0.4, -0.2) is 67.2 Å². The summed E-state index contributed by atoms with van der Waals surface area (Å²) in [4.78, 5) is 9.82. The molecule has 1 aliphatic carbocycles. The van der Waals surface area contributed by atoms with Crippen LogP contribution in [0.3, 0.4) is 0 Å². The third kappa shape index (κ3) is 4.33. The van der Waals surface area contributed by atoms with E-state index in [0.717, 1.165) is 51.8 Å². The lowest BCUT2D eigenvalue weighted by Gasteiger charge is -2.55. The predicted octanol–water partition coefficient (Wildman–Crippen LogP) is 3.20. The van der Waals surface area contributed by atoms with Crippen LogP contribution >= 0.6 is 24.0 Å². The third-order valence-electron chi connectivity index (χ3n) is 6.61. The Labute approximate surface area is 186 Å². The summed E-state index contributed by atoms with van der Waals surface area (Å²) in [5.41, 5.74) is 1.58. The van der Waals surface area contributed by atoms with E-state index in [2.05, 4.69) is 66.2 Å². The molecule has 1 aromatic carbocycles. The fourth-order valence-corrected chi connectivity index (χ4v) is 5.10. The molecule has 4 rings (SSSR count). The molecule has 3 unspecified atom stereocenters. The minimum atomic E-state index is 0. The molecule has 1 saturated carbocycles. The second kappa shape index (κ2) is 9.30. The first-order valence-electron chi connectivity index (χ1n) is 10.5. The summed E-state index contributed by atoms with van der Waals surface area (Å²) in [5, 5.41) is 3.83. The van der Waals surface area contributed by atoms with Crippen molar-refractivity contribution in [3.63, 3.8) is 0 Å². The largest absolute Gasteiger partial charge is 0.377 e. The van der Waals surface area contributed by atoms with Crippen molar-refractivity contribution in [1.29, 1.82) is 0 Å². The summed E-state index contributed by atoms with van der Waals surface area (Å²) in [6, 6.07) is 11.2. The van der Waals surface area contributed by atoms with Gasteiger partial charge in [-0.1, -0.05) is 44.2 Å². The number of rotatable bonds is 4. The van der Waals surface area contributed by atoms with Crippen LogP contribution in [0.25, 0.3) is 0 Å². The number of piperazine rings is 1. The Balaban J connectivity index is 0.00000225. The van der Waals surface area contributed by atoms with Gasteiger partial charge in [0.1, 0.15) is 0 Å². The fourth-order valence-electron chi connectivity index (χ4n) is 5.10. The molecule has 0 bridgehead atoms. The van der Waals surface area contributed by atoms with Crippen molar-refractivity contribution in [2.24, 2.45) is 16.3 Å². The first-order chi connectivity index (χ1) is 13.1. The van der Waals surface area contributed by atoms with E-state index in [1.54, 1.807) is 0 Å². The second-order valence-corrected chi connectivity index (χ2v) is 8.73. The molecule has 2 saturated heterocycles. The van der Waals surface area contributed by atoms with E-state index in [9.17, 15) is 0 Å². The predicted molar refractivity (Wildman–Crippen MR) is 125 cm³/mol. The standard InChI is InChI=1S/C22H34N4O.HI/c1-4-23-21(24-19-18-10-15-27-20(18)22(19,2)3)26-13-11-25(12-14-26)16-17-8-6-5-7-9-17;/h5-9,18-20H,4,10-16H2,1-3H3,(H,23,24);1H. The van der Waals surface area contributed by atoms with Gasteiger partial charge < -0.3 is 15.0 Å². The Morgan fingerprint density at radius 3 is 2.57 bits per heavy atom. The molecule has 0 aromatic heterocycles. The van der Waals surface area contributed by atoms with E-state index in [1.807, 2.05) is 0 Å².